The summed E-state index contributed by atoms with van der Waals surface area (Å²) in [4.78, 5) is 5.91. The SMILES string of the molecule is COc1ccc(CCNC(=NCc2nnc(C)n2C)NCc2cccs2)c(Cl)c1. The number of aromatic nitrogens is 3. The van der Waals surface area contributed by atoms with Crippen LogP contribution < -0.4 is 15.4 Å². The van der Waals surface area contributed by atoms with Crippen molar-refractivity contribution < 1.29 is 4.74 Å². The van der Waals surface area contributed by atoms with Gasteiger partial charge in [0.1, 0.15) is 18.1 Å². The van der Waals surface area contributed by atoms with Gasteiger partial charge in [0.2, 0.25) is 0 Å². The minimum Gasteiger partial charge on any atom is -0.497 e. The largest absolute Gasteiger partial charge is 0.497 e. The summed E-state index contributed by atoms with van der Waals surface area (Å²) < 4.78 is 7.15. The van der Waals surface area contributed by atoms with Gasteiger partial charge < -0.3 is 19.9 Å². The van der Waals surface area contributed by atoms with Crippen molar-refractivity contribution in [2.24, 2.45) is 12.0 Å². The Morgan fingerprint density at radius 2 is 2.14 bits per heavy atom. The van der Waals surface area contributed by atoms with E-state index >= 15 is 0 Å². The molecule has 29 heavy (non-hydrogen) atoms. The van der Waals surface area contributed by atoms with Crippen LogP contribution in [0.1, 0.15) is 22.1 Å². The van der Waals surface area contributed by atoms with Crippen molar-refractivity contribution in [1.82, 2.24) is 25.4 Å². The van der Waals surface area contributed by atoms with Gasteiger partial charge in [-0.1, -0.05) is 23.7 Å². The van der Waals surface area contributed by atoms with Gasteiger partial charge in [-0.2, -0.15) is 0 Å². The van der Waals surface area contributed by atoms with Crippen LogP contribution >= 0.6 is 22.9 Å². The van der Waals surface area contributed by atoms with Crippen LogP contribution in [-0.2, 0) is 26.6 Å². The first-order valence-electron chi connectivity index (χ1n) is 9.28. The van der Waals surface area contributed by atoms with E-state index in [2.05, 4.69) is 37.3 Å². The number of halogens is 1. The molecule has 0 saturated carbocycles. The van der Waals surface area contributed by atoms with Crippen molar-refractivity contribution in [3.8, 4) is 5.75 Å². The fourth-order valence-electron chi connectivity index (χ4n) is 2.67. The molecule has 0 spiro atoms. The number of thiophene rings is 1. The lowest BCUT2D eigenvalue weighted by molar-refractivity contribution is 0.414. The van der Waals surface area contributed by atoms with Crippen molar-refractivity contribution in [1.29, 1.82) is 0 Å². The molecule has 0 radical (unpaired) electrons. The number of nitrogens with one attached hydrogen (secondary N) is 2. The van der Waals surface area contributed by atoms with Gasteiger partial charge in [-0.3, -0.25) is 0 Å². The maximum Gasteiger partial charge on any atom is 0.192 e. The van der Waals surface area contributed by atoms with Gasteiger partial charge in [-0.05, 0) is 42.5 Å². The third-order valence-electron chi connectivity index (χ3n) is 4.52. The number of hydrogen-bond donors (Lipinski definition) is 2. The van der Waals surface area contributed by atoms with Crippen molar-refractivity contribution in [3.05, 3.63) is 62.8 Å². The van der Waals surface area contributed by atoms with Crippen LogP contribution in [-0.4, -0.2) is 34.4 Å². The van der Waals surface area contributed by atoms with E-state index in [0.29, 0.717) is 24.7 Å². The molecule has 0 amide bonds. The fourth-order valence-corrected chi connectivity index (χ4v) is 3.58. The molecule has 2 N–H and O–H groups in total. The Hall–Kier alpha value is -2.58. The van der Waals surface area contributed by atoms with Crippen LogP contribution in [0.2, 0.25) is 5.02 Å². The third-order valence-corrected chi connectivity index (χ3v) is 5.75. The smallest absolute Gasteiger partial charge is 0.192 e. The van der Waals surface area contributed by atoms with Crippen molar-refractivity contribution in [3.63, 3.8) is 0 Å². The molecule has 7 nitrogen and oxygen atoms in total. The molecule has 0 unspecified atom stereocenters. The molecule has 0 fully saturated rings. The molecule has 0 saturated heterocycles. The number of nitrogens with zero attached hydrogens (tertiary/aromatic N) is 4. The van der Waals surface area contributed by atoms with E-state index in [9.17, 15) is 0 Å². The van der Waals surface area contributed by atoms with E-state index in [-0.39, 0.29) is 0 Å². The van der Waals surface area contributed by atoms with Gasteiger partial charge >= 0.3 is 0 Å². The molecule has 2 heterocycles. The zero-order valence-corrected chi connectivity index (χ0v) is 18.3. The van der Waals surface area contributed by atoms with Crippen LogP contribution in [0.4, 0.5) is 0 Å². The molecule has 0 aliphatic carbocycles. The highest BCUT2D eigenvalue weighted by atomic mass is 35.5. The second-order valence-electron chi connectivity index (χ2n) is 6.45. The Bertz CT molecular complexity index is 954. The molecule has 2 aromatic heterocycles. The molecule has 0 aliphatic heterocycles. The number of methoxy groups -OCH3 is 1. The van der Waals surface area contributed by atoms with E-state index in [4.69, 9.17) is 16.3 Å². The van der Waals surface area contributed by atoms with Crippen molar-refractivity contribution >= 4 is 28.9 Å². The minimum atomic E-state index is 0.445. The number of aliphatic imine (C=N–C) groups is 1. The Morgan fingerprint density at radius 3 is 2.79 bits per heavy atom. The van der Waals surface area contributed by atoms with Gasteiger partial charge in [-0.25, -0.2) is 4.99 Å². The van der Waals surface area contributed by atoms with Gasteiger partial charge in [0.05, 0.1) is 13.7 Å². The number of guanidine groups is 1. The van der Waals surface area contributed by atoms with Crippen molar-refractivity contribution in [2.45, 2.75) is 26.4 Å². The quantitative estimate of drug-likeness (QED) is 0.421. The standard InChI is InChI=1S/C20H25ClN6OS/c1-14-25-26-19(27(14)2)13-24-20(23-12-17-5-4-10-29-17)22-9-8-15-6-7-16(28-3)11-18(15)21/h4-7,10-11H,8-9,12-13H2,1-3H3,(H2,22,23,24). The zero-order valence-electron chi connectivity index (χ0n) is 16.8. The van der Waals surface area contributed by atoms with E-state index in [1.54, 1.807) is 18.4 Å². The second-order valence-corrected chi connectivity index (χ2v) is 7.89. The highest BCUT2D eigenvalue weighted by Crippen LogP contribution is 2.22. The summed E-state index contributed by atoms with van der Waals surface area (Å²) in [6.45, 7) is 3.78. The predicted molar refractivity (Wildman–Crippen MR) is 118 cm³/mol. The summed E-state index contributed by atoms with van der Waals surface area (Å²) in [7, 11) is 3.57. The Morgan fingerprint density at radius 1 is 1.28 bits per heavy atom. The van der Waals surface area contributed by atoms with Crippen LogP contribution in [0.15, 0.2) is 40.7 Å². The molecule has 0 bridgehead atoms. The summed E-state index contributed by atoms with van der Waals surface area (Å²) >= 11 is 8.05. The molecule has 154 valence electrons. The highest BCUT2D eigenvalue weighted by molar-refractivity contribution is 7.09. The number of hydrogen-bond acceptors (Lipinski definition) is 5. The Kier molecular flexibility index (Phi) is 7.48. The van der Waals surface area contributed by atoms with Crippen LogP contribution in [0.5, 0.6) is 5.75 Å². The molecule has 9 heteroatoms. The number of ether oxygens (including phenoxy) is 1. The normalized spacial score (nSPS) is 11.5. The number of benzene rings is 1. The molecular formula is C20H25ClN6OS. The van der Waals surface area contributed by atoms with Crippen LogP contribution in [0, 0.1) is 6.92 Å². The maximum absolute atomic E-state index is 6.34. The van der Waals surface area contributed by atoms with Gasteiger partial charge in [-0.15, -0.1) is 21.5 Å². The number of aryl methyl sites for hydroxylation is 1. The molecule has 3 aromatic rings. The predicted octanol–water partition coefficient (Wildman–Crippen LogP) is 3.33. The van der Waals surface area contributed by atoms with E-state index in [0.717, 1.165) is 35.3 Å². The second kappa shape index (κ2) is 10.3. The Balaban J connectivity index is 1.62. The molecule has 3 rings (SSSR count). The first-order valence-corrected chi connectivity index (χ1v) is 10.5. The summed E-state index contributed by atoms with van der Waals surface area (Å²) in [5.74, 6) is 3.16. The van der Waals surface area contributed by atoms with Gasteiger partial charge in [0.15, 0.2) is 11.8 Å². The molecule has 0 aliphatic rings. The third kappa shape index (κ3) is 5.95. The van der Waals surface area contributed by atoms with E-state index in [1.807, 2.05) is 42.8 Å². The van der Waals surface area contributed by atoms with E-state index in [1.165, 1.54) is 4.88 Å². The lowest BCUT2D eigenvalue weighted by Crippen LogP contribution is -2.38. The fraction of sp³-hybridized carbons (Fsp3) is 0.350. The lowest BCUT2D eigenvalue weighted by Gasteiger charge is -2.13. The van der Waals surface area contributed by atoms with Crippen LogP contribution in [0.25, 0.3) is 0 Å². The molecule has 1 aromatic carbocycles. The molecule has 0 atom stereocenters. The summed E-state index contributed by atoms with van der Waals surface area (Å²) in [6, 6.07) is 9.87. The monoisotopic (exact) mass is 432 g/mol. The zero-order chi connectivity index (χ0) is 20.6. The number of rotatable bonds is 8. The lowest BCUT2D eigenvalue weighted by atomic mass is 10.1. The Labute approximate surface area is 179 Å². The summed E-state index contributed by atoms with van der Waals surface area (Å²) in [6.07, 6.45) is 0.769. The minimum absolute atomic E-state index is 0.445. The topological polar surface area (TPSA) is 76.4 Å². The first-order chi connectivity index (χ1) is 14.1. The average molecular weight is 433 g/mol. The van der Waals surface area contributed by atoms with Gasteiger partial charge in [0, 0.05) is 23.5 Å². The summed E-state index contributed by atoms with van der Waals surface area (Å²) in [5.41, 5.74) is 1.06. The summed E-state index contributed by atoms with van der Waals surface area (Å²) in [5, 5.41) is 17.8. The first kappa shape index (κ1) is 21.1. The van der Waals surface area contributed by atoms with Gasteiger partial charge in [0.25, 0.3) is 0 Å². The average Bonchev–Trinajstić information content (AvgIpc) is 3.35. The maximum atomic E-state index is 6.34. The van der Waals surface area contributed by atoms with E-state index < -0.39 is 0 Å². The van der Waals surface area contributed by atoms with Crippen LogP contribution in [0.3, 0.4) is 0 Å². The molecular weight excluding hydrogens is 408 g/mol. The van der Waals surface area contributed by atoms with Crippen molar-refractivity contribution in [2.75, 3.05) is 13.7 Å². The highest BCUT2D eigenvalue weighted by Gasteiger charge is 2.07.